The molecule has 4 nitrogen and oxygen atoms in total. The fourth-order valence-electron chi connectivity index (χ4n) is 2.53. The van der Waals surface area contributed by atoms with E-state index in [2.05, 4.69) is 15.9 Å². The van der Waals surface area contributed by atoms with Crippen molar-refractivity contribution in [2.75, 3.05) is 0 Å². The molecule has 0 saturated heterocycles. The molecule has 19 heavy (non-hydrogen) atoms. The lowest BCUT2D eigenvalue weighted by molar-refractivity contribution is -0.167. The highest BCUT2D eigenvalue weighted by Crippen LogP contribution is 2.44. The average Bonchev–Trinajstić information content (AvgIpc) is 2.36. The van der Waals surface area contributed by atoms with E-state index in [1.807, 2.05) is 6.07 Å². The van der Waals surface area contributed by atoms with Gasteiger partial charge < -0.3 is 10.2 Å². The van der Waals surface area contributed by atoms with Gasteiger partial charge in [-0.05, 0) is 24.5 Å². The normalized spacial score (nSPS) is 13.0. The summed E-state index contributed by atoms with van der Waals surface area (Å²) in [6.07, 6.45) is 0.479. The number of carboxylic acid groups (broad SMARTS) is 2. The Morgan fingerprint density at radius 2 is 1.74 bits per heavy atom. The predicted octanol–water partition coefficient (Wildman–Crippen LogP) is 3.51. The number of hydrogen-bond donors (Lipinski definition) is 2. The van der Waals surface area contributed by atoms with Crippen molar-refractivity contribution in [1.29, 1.82) is 0 Å². The number of benzene rings is 1. The van der Waals surface area contributed by atoms with Crippen molar-refractivity contribution in [3.05, 3.63) is 34.3 Å². The van der Waals surface area contributed by atoms with Gasteiger partial charge in [0.2, 0.25) is 0 Å². The molecule has 1 rings (SSSR count). The molecule has 1 aromatic rings. The van der Waals surface area contributed by atoms with Gasteiger partial charge in [0.15, 0.2) is 5.41 Å². The third-order valence-electron chi connectivity index (χ3n) is 3.60. The van der Waals surface area contributed by atoms with Crippen molar-refractivity contribution in [3.63, 3.8) is 0 Å². The number of carboxylic acids is 2. The third-order valence-corrected chi connectivity index (χ3v) is 4.33. The zero-order valence-electron chi connectivity index (χ0n) is 10.9. The molecule has 0 aliphatic heterocycles. The van der Waals surface area contributed by atoms with E-state index in [9.17, 15) is 19.8 Å². The van der Waals surface area contributed by atoms with Crippen LogP contribution in [0, 0.1) is 5.41 Å². The Morgan fingerprint density at radius 1 is 1.21 bits per heavy atom. The molecule has 104 valence electrons. The third kappa shape index (κ3) is 2.66. The van der Waals surface area contributed by atoms with Crippen LogP contribution in [0.3, 0.4) is 0 Å². The highest BCUT2D eigenvalue weighted by molar-refractivity contribution is 9.10. The molecule has 5 heteroatoms. The van der Waals surface area contributed by atoms with Crippen LogP contribution in [-0.2, 0) is 9.59 Å². The zero-order chi connectivity index (χ0) is 14.6. The number of aliphatic carboxylic acids is 2. The summed E-state index contributed by atoms with van der Waals surface area (Å²) >= 11 is 3.37. The molecule has 1 aromatic carbocycles. The fourth-order valence-corrected chi connectivity index (χ4v) is 3.09. The molecule has 1 atom stereocenters. The Hall–Kier alpha value is -1.36. The molecule has 0 spiro atoms. The van der Waals surface area contributed by atoms with Gasteiger partial charge in [0, 0.05) is 10.4 Å². The minimum atomic E-state index is -1.79. The topological polar surface area (TPSA) is 74.6 Å². The van der Waals surface area contributed by atoms with Gasteiger partial charge in [0.1, 0.15) is 0 Å². The second kappa shape index (κ2) is 6.19. The van der Waals surface area contributed by atoms with E-state index >= 15 is 0 Å². The number of carbonyl (C=O) groups is 2. The number of hydrogen-bond acceptors (Lipinski definition) is 2. The van der Waals surface area contributed by atoms with E-state index in [0.29, 0.717) is 6.42 Å². The minimum Gasteiger partial charge on any atom is -0.480 e. The minimum absolute atomic E-state index is 0.0392. The molecule has 0 aromatic heterocycles. The molecular formula is C14H17BrO4. The van der Waals surface area contributed by atoms with Crippen molar-refractivity contribution in [1.82, 2.24) is 0 Å². The lowest BCUT2D eigenvalue weighted by Gasteiger charge is -2.33. The van der Waals surface area contributed by atoms with Crippen molar-refractivity contribution in [2.45, 2.75) is 32.6 Å². The van der Waals surface area contributed by atoms with Crippen LogP contribution in [-0.4, -0.2) is 22.2 Å². The smallest absolute Gasteiger partial charge is 0.321 e. The highest BCUT2D eigenvalue weighted by atomic mass is 79.9. The fraction of sp³-hybridized carbons (Fsp3) is 0.429. The van der Waals surface area contributed by atoms with E-state index in [-0.39, 0.29) is 6.42 Å². The van der Waals surface area contributed by atoms with Gasteiger partial charge in [-0.3, -0.25) is 9.59 Å². The van der Waals surface area contributed by atoms with E-state index in [1.54, 1.807) is 32.0 Å². The first kappa shape index (κ1) is 15.7. The van der Waals surface area contributed by atoms with E-state index in [1.165, 1.54) is 0 Å². The molecule has 0 heterocycles. The highest BCUT2D eigenvalue weighted by Gasteiger charge is 2.51. The SMILES string of the molecule is CCC(c1ccccc1Br)C(CC)(C(=O)O)C(=O)O. The average molecular weight is 329 g/mol. The van der Waals surface area contributed by atoms with Crippen molar-refractivity contribution in [3.8, 4) is 0 Å². The number of halogens is 1. The largest absolute Gasteiger partial charge is 0.480 e. The first-order valence-corrected chi connectivity index (χ1v) is 6.92. The van der Waals surface area contributed by atoms with Crippen LogP contribution in [0.15, 0.2) is 28.7 Å². The summed E-state index contributed by atoms with van der Waals surface area (Å²) < 4.78 is 0.738. The van der Waals surface area contributed by atoms with Crippen LogP contribution in [0.2, 0.25) is 0 Å². The van der Waals surface area contributed by atoms with Crippen molar-refractivity contribution < 1.29 is 19.8 Å². The Morgan fingerprint density at radius 3 is 2.11 bits per heavy atom. The van der Waals surface area contributed by atoms with Crippen LogP contribution >= 0.6 is 15.9 Å². The molecule has 2 N–H and O–H groups in total. The van der Waals surface area contributed by atoms with Crippen molar-refractivity contribution >= 4 is 27.9 Å². The van der Waals surface area contributed by atoms with Crippen molar-refractivity contribution in [2.24, 2.45) is 5.41 Å². The summed E-state index contributed by atoms with van der Waals surface area (Å²) in [4.78, 5) is 23.2. The molecular weight excluding hydrogens is 312 g/mol. The maximum Gasteiger partial charge on any atom is 0.321 e. The quantitative estimate of drug-likeness (QED) is 0.783. The summed E-state index contributed by atoms with van der Waals surface area (Å²) in [6, 6.07) is 7.17. The second-order valence-electron chi connectivity index (χ2n) is 4.42. The summed E-state index contributed by atoms with van der Waals surface area (Å²) in [5, 5.41) is 18.9. The Kier molecular flexibility index (Phi) is 5.11. The molecule has 0 aliphatic rings. The van der Waals surface area contributed by atoms with Gasteiger partial charge in [-0.1, -0.05) is 48.0 Å². The first-order chi connectivity index (χ1) is 8.91. The van der Waals surface area contributed by atoms with Gasteiger partial charge in [-0.15, -0.1) is 0 Å². The van der Waals surface area contributed by atoms with Gasteiger partial charge in [0.05, 0.1) is 0 Å². The molecule has 0 fully saturated rings. The van der Waals surface area contributed by atoms with Crippen LogP contribution in [0.4, 0.5) is 0 Å². The number of rotatable bonds is 6. The van der Waals surface area contributed by atoms with Crippen LogP contribution in [0.5, 0.6) is 0 Å². The zero-order valence-corrected chi connectivity index (χ0v) is 12.5. The van der Waals surface area contributed by atoms with Crippen LogP contribution in [0.25, 0.3) is 0 Å². The molecule has 0 bridgehead atoms. The van der Waals surface area contributed by atoms with Gasteiger partial charge in [0.25, 0.3) is 0 Å². The Bertz CT molecular complexity index is 470. The summed E-state index contributed by atoms with van der Waals surface area (Å²) in [7, 11) is 0. The van der Waals surface area contributed by atoms with E-state index in [0.717, 1.165) is 10.0 Å². The molecule has 0 saturated carbocycles. The monoisotopic (exact) mass is 328 g/mol. The molecule has 0 amide bonds. The second-order valence-corrected chi connectivity index (χ2v) is 5.27. The van der Waals surface area contributed by atoms with Gasteiger partial charge in [-0.2, -0.15) is 0 Å². The maximum absolute atomic E-state index is 11.6. The van der Waals surface area contributed by atoms with E-state index < -0.39 is 23.3 Å². The van der Waals surface area contributed by atoms with E-state index in [4.69, 9.17) is 0 Å². The lowest BCUT2D eigenvalue weighted by Crippen LogP contribution is -2.44. The summed E-state index contributed by atoms with van der Waals surface area (Å²) in [6.45, 7) is 3.40. The standard InChI is InChI=1S/C14H17BrO4/c1-3-10(9-7-5-6-8-11(9)15)14(4-2,12(16)17)13(18)19/h5-8,10H,3-4H2,1-2H3,(H,16,17)(H,18,19). The van der Waals surface area contributed by atoms with Gasteiger partial charge in [-0.25, -0.2) is 0 Å². The predicted molar refractivity (Wildman–Crippen MR) is 75.2 cm³/mol. The Labute approximate surface area is 120 Å². The molecule has 1 unspecified atom stereocenters. The van der Waals surface area contributed by atoms with Crippen LogP contribution < -0.4 is 0 Å². The van der Waals surface area contributed by atoms with Gasteiger partial charge >= 0.3 is 11.9 Å². The lowest BCUT2D eigenvalue weighted by atomic mass is 9.69. The summed E-state index contributed by atoms with van der Waals surface area (Å²) in [5.74, 6) is -3.15. The summed E-state index contributed by atoms with van der Waals surface area (Å²) in [5.41, 5.74) is -1.07. The Balaban J connectivity index is 3.45. The first-order valence-electron chi connectivity index (χ1n) is 6.13. The maximum atomic E-state index is 11.6. The molecule has 0 aliphatic carbocycles. The van der Waals surface area contributed by atoms with Crippen LogP contribution in [0.1, 0.15) is 38.2 Å². The molecule has 0 radical (unpaired) electrons.